The number of anilines is 1. The number of aliphatic imine (C=N–C) groups is 1. The topological polar surface area (TPSA) is 83.9 Å². The number of primary amides is 1. The van der Waals surface area contributed by atoms with E-state index < -0.39 is 5.91 Å². The molecular formula is C20H24N4O2. The molecule has 1 aromatic heterocycles. The van der Waals surface area contributed by atoms with Gasteiger partial charge in [-0.3, -0.25) is 9.79 Å². The largest absolute Gasteiger partial charge is 0.454 e. The van der Waals surface area contributed by atoms with Gasteiger partial charge in [0, 0.05) is 24.7 Å². The first-order valence-electron chi connectivity index (χ1n) is 9.09. The smallest absolute Gasteiger partial charge is 0.284 e. The first kappa shape index (κ1) is 16.7. The van der Waals surface area contributed by atoms with Gasteiger partial charge < -0.3 is 20.4 Å². The zero-order valence-electron chi connectivity index (χ0n) is 15.0. The number of fused-ring (bicyclic) bond motifs is 2. The van der Waals surface area contributed by atoms with Gasteiger partial charge in [-0.25, -0.2) is 0 Å². The van der Waals surface area contributed by atoms with Gasteiger partial charge in [-0.05, 0) is 36.6 Å². The van der Waals surface area contributed by atoms with Crippen molar-refractivity contribution in [3.8, 4) is 0 Å². The molecule has 0 unspecified atom stereocenters. The molecule has 2 heterocycles. The lowest BCUT2D eigenvalue weighted by Gasteiger charge is -2.26. The van der Waals surface area contributed by atoms with Gasteiger partial charge in [-0.15, -0.1) is 0 Å². The van der Waals surface area contributed by atoms with E-state index in [1.807, 2.05) is 0 Å². The molecule has 1 aliphatic heterocycles. The number of hydrogen-bond acceptors (Lipinski definition) is 3. The molecule has 6 nitrogen and oxygen atoms in total. The summed E-state index contributed by atoms with van der Waals surface area (Å²) in [6.45, 7) is 1.41. The number of amides is 1. The quantitative estimate of drug-likeness (QED) is 0.657. The predicted octanol–water partition coefficient (Wildman–Crippen LogP) is 2.79. The number of carbonyl (C=O) groups is 1. The Balaban J connectivity index is 1.54. The summed E-state index contributed by atoms with van der Waals surface area (Å²) in [5.74, 6) is 1.09. The van der Waals surface area contributed by atoms with E-state index in [1.54, 1.807) is 19.2 Å². The molecule has 1 fully saturated rings. The van der Waals surface area contributed by atoms with Crippen molar-refractivity contribution in [3.63, 3.8) is 0 Å². The molecule has 26 heavy (non-hydrogen) atoms. The van der Waals surface area contributed by atoms with Crippen molar-refractivity contribution in [2.75, 3.05) is 18.5 Å². The van der Waals surface area contributed by atoms with Crippen LogP contribution in [0.1, 0.15) is 47.6 Å². The van der Waals surface area contributed by atoms with Gasteiger partial charge in [-0.1, -0.05) is 31.0 Å². The molecule has 0 atom stereocenters. The molecule has 136 valence electrons. The second-order valence-corrected chi connectivity index (χ2v) is 7.12. The van der Waals surface area contributed by atoms with Gasteiger partial charge in [-0.2, -0.15) is 0 Å². The van der Waals surface area contributed by atoms with Crippen LogP contribution in [0.15, 0.2) is 45.8 Å². The van der Waals surface area contributed by atoms with Gasteiger partial charge in [0.25, 0.3) is 5.91 Å². The molecule has 6 heteroatoms. The second-order valence-electron chi connectivity index (χ2n) is 7.12. The molecule has 0 radical (unpaired) electrons. The lowest BCUT2D eigenvalue weighted by molar-refractivity contribution is 0.0972. The monoisotopic (exact) mass is 352 g/mol. The number of nitrogens with zero attached hydrogens (tertiary/aromatic N) is 2. The van der Waals surface area contributed by atoms with Crippen molar-refractivity contribution in [1.82, 2.24) is 5.32 Å². The van der Waals surface area contributed by atoms with Gasteiger partial charge in [0.05, 0.1) is 6.54 Å². The Hall–Kier alpha value is -2.76. The standard InChI is InChI=1S/C20H24N4O2/c1-22-19(23-12-14-8-9-17(26-14)18(21)25)24-13-20(10-4-5-11-20)15-6-2-3-7-16(15)24/h2-3,6-9H,4-5,10-13H2,1H3,(H2,21,25)(H,22,23). The van der Waals surface area contributed by atoms with Crippen molar-refractivity contribution >= 4 is 17.6 Å². The van der Waals surface area contributed by atoms with E-state index in [2.05, 4.69) is 39.5 Å². The van der Waals surface area contributed by atoms with Crippen LogP contribution in [0.25, 0.3) is 0 Å². The maximum absolute atomic E-state index is 11.2. The fraction of sp³-hybridized carbons (Fsp3) is 0.400. The molecule has 3 N–H and O–H groups in total. The molecule has 2 aromatic rings. The lowest BCUT2D eigenvalue weighted by Crippen LogP contribution is -2.43. The summed E-state index contributed by atoms with van der Waals surface area (Å²) in [6.07, 6.45) is 5.04. The molecule has 1 aliphatic carbocycles. The van der Waals surface area contributed by atoms with E-state index in [9.17, 15) is 4.79 Å². The van der Waals surface area contributed by atoms with Crippen LogP contribution in [-0.4, -0.2) is 25.5 Å². The van der Waals surface area contributed by atoms with Crippen LogP contribution < -0.4 is 16.0 Å². The fourth-order valence-corrected chi connectivity index (χ4v) is 4.37. The number of furan rings is 1. The molecule has 1 spiro atoms. The van der Waals surface area contributed by atoms with Crippen LogP contribution >= 0.6 is 0 Å². The third-order valence-corrected chi connectivity index (χ3v) is 5.58. The Bertz CT molecular complexity index is 849. The minimum atomic E-state index is -0.558. The molecule has 1 amide bonds. The van der Waals surface area contributed by atoms with Gasteiger partial charge >= 0.3 is 0 Å². The van der Waals surface area contributed by atoms with Crippen molar-refractivity contribution < 1.29 is 9.21 Å². The number of nitrogens with one attached hydrogen (secondary N) is 1. The zero-order chi connectivity index (χ0) is 18.1. The van der Waals surface area contributed by atoms with Crippen LogP contribution in [0.4, 0.5) is 5.69 Å². The summed E-state index contributed by atoms with van der Waals surface area (Å²) in [6, 6.07) is 12.0. The fourth-order valence-electron chi connectivity index (χ4n) is 4.37. The summed E-state index contributed by atoms with van der Waals surface area (Å²) in [5, 5.41) is 3.36. The average molecular weight is 352 g/mol. The van der Waals surface area contributed by atoms with Crippen LogP contribution in [0.3, 0.4) is 0 Å². The summed E-state index contributed by atoms with van der Waals surface area (Å²) < 4.78 is 5.45. The summed E-state index contributed by atoms with van der Waals surface area (Å²) in [4.78, 5) is 17.9. The van der Waals surface area contributed by atoms with E-state index in [1.165, 1.54) is 36.9 Å². The average Bonchev–Trinajstić information content (AvgIpc) is 3.37. The maximum Gasteiger partial charge on any atom is 0.284 e. The van der Waals surface area contributed by atoms with E-state index in [0.717, 1.165) is 12.5 Å². The highest BCUT2D eigenvalue weighted by Crippen LogP contribution is 2.50. The van der Waals surface area contributed by atoms with Gasteiger partial charge in [0.2, 0.25) is 0 Å². The van der Waals surface area contributed by atoms with Crippen molar-refractivity contribution in [2.45, 2.75) is 37.6 Å². The summed E-state index contributed by atoms with van der Waals surface area (Å²) in [7, 11) is 1.79. The van der Waals surface area contributed by atoms with Crippen LogP contribution in [0.2, 0.25) is 0 Å². The number of guanidine groups is 1. The van der Waals surface area contributed by atoms with Crippen LogP contribution in [0, 0.1) is 0 Å². The van der Waals surface area contributed by atoms with Gasteiger partial charge in [0.1, 0.15) is 5.76 Å². The summed E-state index contributed by atoms with van der Waals surface area (Å²) in [5.41, 5.74) is 8.17. The second kappa shape index (κ2) is 6.52. The minimum Gasteiger partial charge on any atom is -0.454 e. The van der Waals surface area contributed by atoms with Crippen LogP contribution in [0.5, 0.6) is 0 Å². The highest BCUT2D eigenvalue weighted by molar-refractivity contribution is 5.98. The molecule has 1 aromatic carbocycles. The third kappa shape index (κ3) is 2.75. The molecule has 0 bridgehead atoms. The Kier molecular flexibility index (Phi) is 4.18. The Morgan fingerprint density at radius 2 is 2.04 bits per heavy atom. The molecular weight excluding hydrogens is 328 g/mol. The SMILES string of the molecule is CN=C(NCc1ccc(C(N)=O)o1)N1CC2(CCCC2)c2ccccc21. The number of hydrogen-bond donors (Lipinski definition) is 2. The zero-order valence-corrected chi connectivity index (χ0v) is 15.0. The number of para-hydroxylation sites is 1. The van der Waals surface area contributed by atoms with E-state index >= 15 is 0 Å². The molecule has 1 saturated carbocycles. The first-order chi connectivity index (χ1) is 12.6. The Morgan fingerprint density at radius 1 is 1.27 bits per heavy atom. The predicted molar refractivity (Wildman–Crippen MR) is 101 cm³/mol. The third-order valence-electron chi connectivity index (χ3n) is 5.58. The van der Waals surface area contributed by atoms with Crippen molar-refractivity contribution in [2.24, 2.45) is 10.7 Å². The number of rotatable bonds is 3. The highest BCUT2D eigenvalue weighted by atomic mass is 16.3. The lowest BCUT2D eigenvalue weighted by atomic mass is 9.81. The molecule has 2 aliphatic rings. The summed E-state index contributed by atoms with van der Waals surface area (Å²) >= 11 is 0. The number of benzene rings is 1. The molecule has 0 saturated heterocycles. The minimum absolute atomic E-state index is 0.174. The first-order valence-corrected chi connectivity index (χ1v) is 9.09. The number of nitrogens with two attached hydrogens (primary N) is 1. The normalized spacial score (nSPS) is 18.3. The highest BCUT2D eigenvalue weighted by Gasteiger charge is 2.45. The Morgan fingerprint density at radius 3 is 2.73 bits per heavy atom. The van der Waals surface area contributed by atoms with Crippen molar-refractivity contribution in [1.29, 1.82) is 0 Å². The van der Waals surface area contributed by atoms with E-state index in [0.29, 0.717) is 12.3 Å². The van der Waals surface area contributed by atoms with Crippen LogP contribution in [-0.2, 0) is 12.0 Å². The van der Waals surface area contributed by atoms with E-state index in [-0.39, 0.29) is 11.2 Å². The number of carbonyl (C=O) groups excluding carboxylic acids is 1. The maximum atomic E-state index is 11.2. The molecule has 4 rings (SSSR count). The van der Waals surface area contributed by atoms with Crippen molar-refractivity contribution in [3.05, 3.63) is 53.5 Å². The van der Waals surface area contributed by atoms with E-state index in [4.69, 9.17) is 10.2 Å². The van der Waals surface area contributed by atoms with Gasteiger partial charge in [0.15, 0.2) is 11.7 Å². The Labute approximate surface area is 153 Å².